The van der Waals surface area contributed by atoms with E-state index in [-0.39, 0.29) is 5.63 Å². The molecule has 2 heterocycles. The summed E-state index contributed by atoms with van der Waals surface area (Å²) in [4.78, 5) is 12.3. The molecule has 0 atom stereocenters. The van der Waals surface area contributed by atoms with Gasteiger partial charge in [0.15, 0.2) is 0 Å². The fraction of sp³-hybridized carbons (Fsp3) is 0.389. The van der Waals surface area contributed by atoms with Crippen molar-refractivity contribution >= 4 is 21.9 Å². The average Bonchev–Trinajstić information content (AvgIpc) is 2.87. The second-order valence-corrected chi connectivity index (χ2v) is 6.12. The fourth-order valence-corrected chi connectivity index (χ4v) is 3.73. The monoisotopic (exact) mass is 281 g/mol. The van der Waals surface area contributed by atoms with E-state index >= 15 is 0 Å². The Morgan fingerprint density at radius 2 is 1.90 bits per heavy atom. The summed E-state index contributed by atoms with van der Waals surface area (Å²) in [5.74, 6) is 0. The summed E-state index contributed by atoms with van der Waals surface area (Å²) in [6.45, 7) is 2.01. The Balaban J connectivity index is 2.09. The van der Waals surface area contributed by atoms with Crippen molar-refractivity contribution < 1.29 is 4.42 Å². The first-order chi connectivity index (χ1) is 10.3. The second-order valence-electron chi connectivity index (χ2n) is 6.12. The molecule has 1 aromatic carbocycles. The Bertz CT molecular complexity index is 866. The van der Waals surface area contributed by atoms with Crippen molar-refractivity contribution in [3.63, 3.8) is 0 Å². The molecule has 108 valence electrons. The third-order valence-corrected chi connectivity index (χ3v) is 4.74. The predicted molar refractivity (Wildman–Crippen MR) is 84.8 cm³/mol. The molecule has 2 aromatic heterocycles. The van der Waals surface area contributed by atoms with Gasteiger partial charge in [0, 0.05) is 17.6 Å². The van der Waals surface area contributed by atoms with Crippen LogP contribution in [-0.4, -0.2) is 4.57 Å². The van der Waals surface area contributed by atoms with Crippen molar-refractivity contribution in [2.24, 2.45) is 0 Å². The van der Waals surface area contributed by atoms with Gasteiger partial charge in [0.2, 0.25) is 0 Å². The maximum absolute atomic E-state index is 12.3. The Morgan fingerprint density at radius 1 is 1.14 bits per heavy atom. The SMILES string of the molecule is Cc1cn(C2CCCCC2)c2c1c(=O)oc1ccccc12. The van der Waals surface area contributed by atoms with E-state index in [1.165, 1.54) is 32.1 Å². The number of aromatic nitrogens is 1. The van der Waals surface area contributed by atoms with Crippen molar-refractivity contribution in [2.45, 2.75) is 45.1 Å². The van der Waals surface area contributed by atoms with Crippen LogP contribution in [0.4, 0.5) is 0 Å². The van der Waals surface area contributed by atoms with Crippen LogP contribution in [-0.2, 0) is 0 Å². The van der Waals surface area contributed by atoms with Gasteiger partial charge in [-0.2, -0.15) is 0 Å². The normalized spacial score (nSPS) is 16.8. The highest BCUT2D eigenvalue weighted by Crippen LogP contribution is 2.34. The molecule has 1 aliphatic rings. The van der Waals surface area contributed by atoms with Crippen LogP contribution in [0, 0.1) is 6.92 Å². The zero-order chi connectivity index (χ0) is 14.4. The molecule has 4 rings (SSSR count). The van der Waals surface area contributed by atoms with E-state index in [1.807, 2.05) is 25.1 Å². The molecule has 0 unspecified atom stereocenters. The van der Waals surface area contributed by atoms with Crippen molar-refractivity contribution in [2.75, 3.05) is 0 Å². The van der Waals surface area contributed by atoms with Crippen LogP contribution in [0.1, 0.15) is 43.7 Å². The molecule has 0 amide bonds. The third kappa shape index (κ3) is 1.91. The summed E-state index contributed by atoms with van der Waals surface area (Å²) in [5, 5.41) is 1.80. The Morgan fingerprint density at radius 3 is 2.71 bits per heavy atom. The molecule has 21 heavy (non-hydrogen) atoms. The van der Waals surface area contributed by atoms with E-state index in [2.05, 4.69) is 16.8 Å². The summed E-state index contributed by atoms with van der Waals surface area (Å²) in [6.07, 6.45) is 8.45. The topological polar surface area (TPSA) is 35.1 Å². The van der Waals surface area contributed by atoms with Gasteiger partial charge < -0.3 is 8.98 Å². The molecule has 1 aliphatic carbocycles. The lowest BCUT2D eigenvalue weighted by Crippen LogP contribution is -2.12. The number of hydrogen-bond acceptors (Lipinski definition) is 2. The molecule has 0 bridgehead atoms. The van der Waals surface area contributed by atoms with Crippen LogP contribution in [0.25, 0.3) is 21.9 Å². The highest BCUT2D eigenvalue weighted by molar-refractivity contribution is 6.03. The maximum Gasteiger partial charge on any atom is 0.346 e. The van der Waals surface area contributed by atoms with E-state index in [0.29, 0.717) is 11.6 Å². The highest BCUT2D eigenvalue weighted by Gasteiger charge is 2.21. The van der Waals surface area contributed by atoms with Crippen molar-refractivity contribution in [3.05, 3.63) is 46.4 Å². The van der Waals surface area contributed by atoms with Crippen LogP contribution in [0.3, 0.4) is 0 Å². The largest absolute Gasteiger partial charge is 0.422 e. The number of rotatable bonds is 1. The number of aryl methyl sites for hydroxylation is 1. The zero-order valence-corrected chi connectivity index (χ0v) is 12.3. The fourth-order valence-electron chi connectivity index (χ4n) is 3.73. The van der Waals surface area contributed by atoms with Gasteiger partial charge in [0.05, 0.1) is 10.9 Å². The number of benzene rings is 1. The molecule has 3 aromatic rings. The molecule has 0 aliphatic heterocycles. The Kier molecular flexibility index (Phi) is 2.88. The lowest BCUT2D eigenvalue weighted by molar-refractivity contribution is 0.361. The molecule has 1 fully saturated rings. The van der Waals surface area contributed by atoms with E-state index in [1.54, 1.807) is 0 Å². The Hall–Kier alpha value is -2.03. The summed E-state index contributed by atoms with van der Waals surface area (Å²) < 4.78 is 7.82. The molecule has 0 spiro atoms. The highest BCUT2D eigenvalue weighted by atomic mass is 16.4. The van der Waals surface area contributed by atoms with Crippen molar-refractivity contribution in [1.29, 1.82) is 0 Å². The first-order valence-corrected chi connectivity index (χ1v) is 7.78. The molecule has 3 nitrogen and oxygen atoms in total. The predicted octanol–water partition coefficient (Wildman–Crippen LogP) is 4.56. The van der Waals surface area contributed by atoms with Crippen molar-refractivity contribution in [1.82, 2.24) is 4.57 Å². The van der Waals surface area contributed by atoms with Crippen LogP contribution in [0.15, 0.2) is 39.7 Å². The summed E-state index contributed by atoms with van der Waals surface area (Å²) in [5.41, 5.74) is 2.56. The van der Waals surface area contributed by atoms with Gasteiger partial charge in [0.1, 0.15) is 5.58 Å². The molecule has 0 N–H and O–H groups in total. The van der Waals surface area contributed by atoms with E-state index in [9.17, 15) is 4.79 Å². The van der Waals surface area contributed by atoms with E-state index in [0.717, 1.165) is 21.9 Å². The summed E-state index contributed by atoms with van der Waals surface area (Å²) in [7, 11) is 0. The third-order valence-electron chi connectivity index (χ3n) is 4.74. The zero-order valence-electron chi connectivity index (χ0n) is 12.3. The number of hydrogen-bond donors (Lipinski definition) is 0. The Labute approximate surface area is 123 Å². The van der Waals surface area contributed by atoms with Gasteiger partial charge in [0.25, 0.3) is 0 Å². The van der Waals surface area contributed by atoms with Gasteiger partial charge in [-0.15, -0.1) is 0 Å². The smallest absolute Gasteiger partial charge is 0.346 e. The van der Waals surface area contributed by atoms with Gasteiger partial charge >= 0.3 is 5.63 Å². The van der Waals surface area contributed by atoms with Gasteiger partial charge in [-0.25, -0.2) is 4.79 Å². The number of nitrogens with zero attached hydrogens (tertiary/aromatic N) is 1. The lowest BCUT2D eigenvalue weighted by atomic mass is 9.95. The standard InChI is InChI=1S/C18H19NO2/c1-12-11-19(13-7-3-2-4-8-13)17-14-9-5-6-10-15(14)21-18(20)16(12)17/h5-6,9-11,13H,2-4,7-8H2,1H3. The molecule has 0 radical (unpaired) electrons. The van der Waals surface area contributed by atoms with Gasteiger partial charge in [-0.05, 0) is 37.5 Å². The molecular weight excluding hydrogens is 262 g/mol. The van der Waals surface area contributed by atoms with Crippen LogP contribution < -0.4 is 5.63 Å². The molecular formula is C18H19NO2. The first kappa shape index (κ1) is 12.7. The number of para-hydroxylation sites is 1. The number of fused-ring (bicyclic) bond motifs is 3. The van der Waals surface area contributed by atoms with E-state index < -0.39 is 0 Å². The van der Waals surface area contributed by atoms with Gasteiger partial charge in [-0.3, -0.25) is 0 Å². The minimum atomic E-state index is -0.212. The molecule has 0 saturated heterocycles. The lowest BCUT2D eigenvalue weighted by Gasteiger charge is -2.24. The molecule has 1 saturated carbocycles. The quantitative estimate of drug-likeness (QED) is 0.613. The van der Waals surface area contributed by atoms with Gasteiger partial charge in [-0.1, -0.05) is 31.4 Å². The van der Waals surface area contributed by atoms with E-state index in [4.69, 9.17) is 4.42 Å². The van der Waals surface area contributed by atoms with Crippen LogP contribution in [0.5, 0.6) is 0 Å². The minimum absolute atomic E-state index is 0.212. The summed E-state index contributed by atoms with van der Waals surface area (Å²) >= 11 is 0. The maximum atomic E-state index is 12.3. The van der Waals surface area contributed by atoms with Crippen LogP contribution in [0.2, 0.25) is 0 Å². The first-order valence-electron chi connectivity index (χ1n) is 7.78. The minimum Gasteiger partial charge on any atom is -0.422 e. The average molecular weight is 281 g/mol. The second kappa shape index (κ2) is 4.76. The molecule has 3 heteroatoms. The van der Waals surface area contributed by atoms with Crippen molar-refractivity contribution in [3.8, 4) is 0 Å². The van der Waals surface area contributed by atoms with Crippen LogP contribution >= 0.6 is 0 Å². The summed E-state index contributed by atoms with van der Waals surface area (Å²) in [6, 6.07) is 8.37.